The van der Waals surface area contributed by atoms with Crippen LogP contribution in [-0.2, 0) is 6.42 Å². The predicted molar refractivity (Wildman–Crippen MR) is 103 cm³/mol. The maximum Gasteiger partial charge on any atom is 0.255 e. The van der Waals surface area contributed by atoms with Gasteiger partial charge in [-0.3, -0.25) is 4.79 Å². The fraction of sp³-hybridized carbons (Fsp3) is 0.350. The normalized spacial score (nSPS) is 14.7. The highest BCUT2D eigenvalue weighted by atomic mass is 35.5. The molecular weight excluding hydrogens is 336 g/mol. The van der Waals surface area contributed by atoms with Crippen molar-refractivity contribution in [1.82, 2.24) is 4.90 Å². The SMILES string of the molecule is COc1ccccc1CC1CCN(C(=O)c2ccccc2N)CC1.Cl. The minimum atomic E-state index is 0. The Bertz CT molecular complexity index is 712. The van der Waals surface area contributed by atoms with Crippen molar-refractivity contribution in [3.8, 4) is 5.75 Å². The van der Waals surface area contributed by atoms with Gasteiger partial charge in [0.25, 0.3) is 5.91 Å². The molecule has 0 unspecified atom stereocenters. The van der Waals surface area contributed by atoms with Crippen molar-refractivity contribution in [2.24, 2.45) is 5.92 Å². The van der Waals surface area contributed by atoms with Gasteiger partial charge in [0.15, 0.2) is 0 Å². The molecule has 1 aliphatic rings. The van der Waals surface area contributed by atoms with E-state index in [1.807, 2.05) is 29.2 Å². The van der Waals surface area contributed by atoms with Gasteiger partial charge in [0.1, 0.15) is 5.75 Å². The van der Waals surface area contributed by atoms with Gasteiger partial charge in [0.05, 0.1) is 12.7 Å². The third kappa shape index (κ3) is 4.45. The second-order valence-electron chi connectivity index (χ2n) is 6.34. The number of ether oxygens (including phenoxy) is 1. The Morgan fingerprint density at radius 2 is 1.76 bits per heavy atom. The van der Waals surface area contributed by atoms with Crippen molar-refractivity contribution in [3.05, 3.63) is 59.7 Å². The third-order valence-electron chi connectivity index (χ3n) is 4.79. The largest absolute Gasteiger partial charge is 0.496 e. The van der Waals surface area contributed by atoms with Crippen LogP contribution in [-0.4, -0.2) is 31.0 Å². The van der Waals surface area contributed by atoms with Gasteiger partial charge in [0, 0.05) is 18.8 Å². The van der Waals surface area contributed by atoms with Crippen molar-refractivity contribution in [3.63, 3.8) is 0 Å². The molecule has 0 atom stereocenters. The van der Waals surface area contributed by atoms with Crippen LogP contribution in [0.15, 0.2) is 48.5 Å². The molecular formula is C20H25ClN2O2. The summed E-state index contributed by atoms with van der Waals surface area (Å²) in [4.78, 5) is 14.5. The van der Waals surface area contributed by atoms with Gasteiger partial charge in [0.2, 0.25) is 0 Å². The molecule has 0 radical (unpaired) electrons. The summed E-state index contributed by atoms with van der Waals surface area (Å²) in [6.45, 7) is 1.57. The van der Waals surface area contributed by atoms with Crippen LogP contribution in [0.4, 0.5) is 5.69 Å². The standard InChI is InChI=1S/C20H24N2O2.ClH/c1-24-19-9-5-2-6-16(19)14-15-10-12-22(13-11-15)20(23)17-7-3-4-8-18(17)21;/h2-9,15H,10-14,21H2,1H3;1H. The number of anilines is 1. The zero-order chi connectivity index (χ0) is 16.9. The molecule has 0 saturated carbocycles. The lowest BCUT2D eigenvalue weighted by Crippen LogP contribution is -2.39. The number of methoxy groups -OCH3 is 1. The lowest BCUT2D eigenvalue weighted by molar-refractivity contribution is 0.0691. The average Bonchev–Trinajstić information content (AvgIpc) is 2.63. The van der Waals surface area contributed by atoms with E-state index in [9.17, 15) is 4.79 Å². The monoisotopic (exact) mass is 360 g/mol. The first-order valence-electron chi connectivity index (χ1n) is 8.44. The van der Waals surface area contributed by atoms with Crippen LogP contribution in [0.3, 0.4) is 0 Å². The molecule has 0 aliphatic carbocycles. The van der Waals surface area contributed by atoms with E-state index in [4.69, 9.17) is 10.5 Å². The number of carbonyl (C=O) groups is 1. The van der Waals surface area contributed by atoms with E-state index in [0.29, 0.717) is 17.2 Å². The highest BCUT2D eigenvalue weighted by Crippen LogP contribution is 2.27. The van der Waals surface area contributed by atoms with Crippen molar-refractivity contribution >= 4 is 24.0 Å². The van der Waals surface area contributed by atoms with Crippen LogP contribution in [0.25, 0.3) is 0 Å². The van der Waals surface area contributed by atoms with Crippen molar-refractivity contribution < 1.29 is 9.53 Å². The summed E-state index contributed by atoms with van der Waals surface area (Å²) in [7, 11) is 1.71. The molecule has 25 heavy (non-hydrogen) atoms. The molecule has 2 N–H and O–H groups in total. The first kappa shape index (κ1) is 19.1. The quantitative estimate of drug-likeness (QED) is 0.844. The Balaban J connectivity index is 0.00000225. The molecule has 1 amide bonds. The Labute approximate surface area is 155 Å². The molecule has 3 rings (SSSR count). The fourth-order valence-corrected chi connectivity index (χ4v) is 3.38. The summed E-state index contributed by atoms with van der Waals surface area (Å²) in [6, 6.07) is 15.5. The van der Waals surface area contributed by atoms with Crippen molar-refractivity contribution in [2.45, 2.75) is 19.3 Å². The molecule has 2 aromatic carbocycles. The number of para-hydroxylation sites is 2. The van der Waals surface area contributed by atoms with E-state index in [1.165, 1.54) is 5.56 Å². The highest BCUT2D eigenvalue weighted by Gasteiger charge is 2.25. The van der Waals surface area contributed by atoms with E-state index in [-0.39, 0.29) is 18.3 Å². The molecule has 1 fully saturated rings. The number of amides is 1. The molecule has 1 saturated heterocycles. The van der Waals surface area contributed by atoms with Gasteiger partial charge in [-0.25, -0.2) is 0 Å². The van der Waals surface area contributed by atoms with Gasteiger partial charge in [-0.1, -0.05) is 30.3 Å². The summed E-state index contributed by atoms with van der Waals surface area (Å²) < 4.78 is 5.44. The zero-order valence-electron chi connectivity index (χ0n) is 14.5. The second kappa shape index (κ2) is 8.77. The Kier molecular flexibility index (Phi) is 6.71. The van der Waals surface area contributed by atoms with E-state index in [1.54, 1.807) is 19.2 Å². The molecule has 0 bridgehead atoms. The third-order valence-corrected chi connectivity index (χ3v) is 4.79. The van der Waals surface area contributed by atoms with Gasteiger partial charge >= 0.3 is 0 Å². The topological polar surface area (TPSA) is 55.6 Å². The number of benzene rings is 2. The molecule has 2 aromatic rings. The first-order valence-corrected chi connectivity index (χ1v) is 8.44. The van der Waals surface area contributed by atoms with Crippen LogP contribution in [0.1, 0.15) is 28.8 Å². The lowest BCUT2D eigenvalue weighted by atomic mass is 9.89. The molecule has 0 aromatic heterocycles. The number of hydrogen-bond acceptors (Lipinski definition) is 3. The summed E-state index contributed by atoms with van der Waals surface area (Å²) in [5, 5.41) is 0. The highest BCUT2D eigenvalue weighted by molar-refractivity contribution is 5.99. The Morgan fingerprint density at radius 3 is 2.44 bits per heavy atom. The summed E-state index contributed by atoms with van der Waals surface area (Å²) in [5.41, 5.74) is 8.34. The summed E-state index contributed by atoms with van der Waals surface area (Å²) >= 11 is 0. The number of nitrogen functional groups attached to an aromatic ring is 1. The smallest absolute Gasteiger partial charge is 0.255 e. The number of likely N-dealkylation sites (tertiary alicyclic amines) is 1. The molecule has 1 heterocycles. The number of hydrogen-bond donors (Lipinski definition) is 1. The Morgan fingerprint density at radius 1 is 1.12 bits per heavy atom. The van der Waals surface area contributed by atoms with Gasteiger partial charge in [-0.05, 0) is 48.9 Å². The molecule has 0 spiro atoms. The number of halogens is 1. The van der Waals surface area contributed by atoms with Gasteiger partial charge in [-0.2, -0.15) is 0 Å². The zero-order valence-corrected chi connectivity index (χ0v) is 15.3. The number of rotatable bonds is 4. The van der Waals surface area contributed by atoms with Crippen LogP contribution in [0.5, 0.6) is 5.75 Å². The lowest BCUT2D eigenvalue weighted by Gasteiger charge is -2.32. The average molecular weight is 361 g/mol. The molecule has 5 heteroatoms. The van der Waals surface area contributed by atoms with Crippen LogP contribution in [0, 0.1) is 5.92 Å². The minimum absolute atomic E-state index is 0. The number of nitrogens with two attached hydrogens (primary N) is 1. The van der Waals surface area contributed by atoms with E-state index >= 15 is 0 Å². The number of nitrogens with zero attached hydrogens (tertiary/aromatic N) is 1. The van der Waals surface area contributed by atoms with Crippen LogP contribution >= 0.6 is 12.4 Å². The van der Waals surface area contributed by atoms with E-state index in [2.05, 4.69) is 12.1 Å². The number of piperidine rings is 1. The van der Waals surface area contributed by atoms with Crippen LogP contribution < -0.4 is 10.5 Å². The van der Waals surface area contributed by atoms with Crippen molar-refractivity contribution in [2.75, 3.05) is 25.9 Å². The van der Waals surface area contributed by atoms with E-state index in [0.717, 1.165) is 38.1 Å². The minimum Gasteiger partial charge on any atom is -0.496 e. The summed E-state index contributed by atoms with van der Waals surface area (Å²) in [6.07, 6.45) is 3.02. The number of carbonyl (C=O) groups excluding carboxylic acids is 1. The molecule has 134 valence electrons. The maximum atomic E-state index is 12.6. The van der Waals surface area contributed by atoms with E-state index < -0.39 is 0 Å². The summed E-state index contributed by atoms with van der Waals surface area (Å²) in [5.74, 6) is 1.58. The second-order valence-corrected chi connectivity index (χ2v) is 6.34. The van der Waals surface area contributed by atoms with Gasteiger partial charge in [-0.15, -0.1) is 12.4 Å². The first-order chi connectivity index (χ1) is 11.7. The van der Waals surface area contributed by atoms with Crippen LogP contribution in [0.2, 0.25) is 0 Å². The van der Waals surface area contributed by atoms with Crippen molar-refractivity contribution in [1.29, 1.82) is 0 Å². The Hall–Kier alpha value is -2.20. The predicted octanol–water partition coefficient (Wildman–Crippen LogP) is 3.79. The molecule has 1 aliphatic heterocycles. The van der Waals surface area contributed by atoms with Gasteiger partial charge < -0.3 is 15.4 Å². The maximum absolute atomic E-state index is 12.6. The fourth-order valence-electron chi connectivity index (χ4n) is 3.38. The molecule has 4 nitrogen and oxygen atoms in total.